The Morgan fingerprint density at radius 2 is 2.29 bits per heavy atom. The molecule has 0 amide bonds. The molecule has 0 saturated heterocycles. The minimum atomic E-state index is 0.708. The fraction of sp³-hybridized carbons (Fsp3) is 0. The normalized spacial score (nSPS) is 9.71. The number of aromatic nitrogens is 1. The Bertz CT molecular complexity index is 496. The van der Waals surface area contributed by atoms with Gasteiger partial charge < -0.3 is 0 Å². The molecule has 14 heavy (non-hydrogen) atoms. The van der Waals surface area contributed by atoms with E-state index in [0.717, 1.165) is 15.4 Å². The van der Waals surface area contributed by atoms with Crippen LogP contribution in [-0.4, -0.2) is 4.98 Å². The fourth-order valence-corrected chi connectivity index (χ4v) is 2.01. The van der Waals surface area contributed by atoms with Gasteiger partial charge in [-0.25, -0.2) is 4.98 Å². The number of hydrogen-bond acceptors (Lipinski definition) is 2. The molecule has 0 aliphatic carbocycles. The predicted octanol–water partition coefficient (Wildman–Crippen LogP) is 3.44. The van der Waals surface area contributed by atoms with Gasteiger partial charge >= 0.3 is 0 Å². The second-order valence-corrected chi connectivity index (χ2v) is 4.15. The maximum Gasteiger partial charge on any atom is 0.124 e. The van der Waals surface area contributed by atoms with Gasteiger partial charge in [0.2, 0.25) is 0 Å². The van der Waals surface area contributed by atoms with E-state index in [-0.39, 0.29) is 0 Å². The van der Waals surface area contributed by atoms with Gasteiger partial charge in [-0.05, 0) is 12.1 Å². The van der Waals surface area contributed by atoms with E-state index in [1.807, 2.05) is 24.3 Å². The van der Waals surface area contributed by atoms with Crippen molar-refractivity contribution in [2.75, 3.05) is 0 Å². The molecule has 0 saturated carbocycles. The Labute approximate surface area is 91.4 Å². The average molecular weight is 220 g/mol. The van der Waals surface area contributed by atoms with Crippen LogP contribution in [0.15, 0.2) is 30.5 Å². The number of rotatable bonds is 1. The van der Waals surface area contributed by atoms with Crippen LogP contribution in [0.1, 0.15) is 4.88 Å². The van der Waals surface area contributed by atoms with E-state index in [4.69, 9.17) is 18.0 Å². The second kappa shape index (κ2) is 3.83. The van der Waals surface area contributed by atoms with Gasteiger partial charge in [-0.3, -0.25) is 0 Å². The number of benzene rings is 1. The van der Waals surface area contributed by atoms with Crippen molar-refractivity contribution < 1.29 is 0 Å². The topological polar surface area (TPSA) is 12.9 Å². The summed E-state index contributed by atoms with van der Waals surface area (Å²) in [4.78, 5) is 5.05. The highest BCUT2D eigenvalue weighted by molar-refractivity contribution is 7.15. The molecule has 0 fully saturated rings. The zero-order chi connectivity index (χ0) is 9.97. The summed E-state index contributed by atoms with van der Waals surface area (Å²) in [5.74, 6) is 2.55. The molecule has 0 unspecified atom stereocenters. The van der Waals surface area contributed by atoms with Crippen LogP contribution in [0.25, 0.3) is 10.6 Å². The molecule has 3 heteroatoms. The standard InChI is InChI=1S/C11H6ClNS/c1-2-10-7-13-11(14-10)8-4-3-5-9(12)6-8/h1,3-7H. The summed E-state index contributed by atoms with van der Waals surface area (Å²) in [6.07, 6.45) is 6.96. The number of halogens is 1. The summed E-state index contributed by atoms with van der Waals surface area (Å²) < 4.78 is 0. The Morgan fingerprint density at radius 1 is 1.43 bits per heavy atom. The maximum atomic E-state index is 5.87. The number of terminal acetylenes is 1. The lowest BCUT2D eigenvalue weighted by Crippen LogP contribution is -1.73. The van der Waals surface area contributed by atoms with Crippen LogP contribution in [0.3, 0.4) is 0 Å². The van der Waals surface area contributed by atoms with E-state index in [9.17, 15) is 0 Å². The third-order valence-electron chi connectivity index (χ3n) is 1.72. The Morgan fingerprint density at radius 3 is 2.93 bits per heavy atom. The first-order valence-corrected chi connectivity index (χ1v) is 5.17. The van der Waals surface area contributed by atoms with E-state index in [1.54, 1.807) is 6.20 Å². The number of nitrogens with zero attached hydrogens (tertiary/aromatic N) is 1. The SMILES string of the molecule is C#Cc1cnc(-c2cccc(Cl)c2)s1. The largest absolute Gasteiger partial charge is 0.243 e. The first kappa shape index (κ1) is 9.26. The molecule has 1 heterocycles. The van der Waals surface area contributed by atoms with Crippen molar-refractivity contribution >= 4 is 22.9 Å². The lowest BCUT2D eigenvalue weighted by molar-refractivity contribution is 1.41. The van der Waals surface area contributed by atoms with Gasteiger partial charge in [0.1, 0.15) is 5.01 Å². The van der Waals surface area contributed by atoms with E-state index in [0.29, 0.717) is 5.02 Å². The van der Waals surface area contributed by atoms with Gasteiger partial charge in [-0.2, -0.15) is 0 Å². The second-order valence-electron chi connectivity index (χ2n) is 2.68. The lowest BCUT2D eigenvalue weighted by Gasteiger charge is -1.95. The summed E-state index contributed by atoms with van der Waals surface area (Å²) in [5.41, 5.74) is 1.00. The van der Waals surface area contributed by atoms with Crippen LogP contribution in [-0.2, 0) is 0 Å². The van der Waals surface area contributed by atoms with Crippen molar-refractivity contribution in [3.63, 3.8) is 0 Å². The van der Waals surface area contributed by atoms with E-state index >= 15 is 0 Å². The smallest absolute Gasteiger partial charge is 0.124 e. The molecule has 0 bridgehead atoms. The molecule has 0 N–H and O–H groups in total. The van der Waals surface area contributed by atoms with Crippen molar-refractivity contribution in [3.8, 4) is 22.9 Å². The van der Waals surface area contributed by atoms with Gasteiger partial charge in [-0.1, -0.05) is 29.7 Å². The van der Waals surface area contributed by atoms with Gasteiger partial charge in [-0.15, -0.1) is 17.8 Å². The van der Waals surface area contributed by atoms with E-state index in [1.165, 1.54) is 11.3 Å². The van der Waals surface area contributed by atoms with Crippen molar-refractivity contribution in [1.82, 2.24) is 4.98 Å². The summed E-state index contributed by atoms with van der Waals surface area (Å²) in [6, 6.07) is 7.57. The summed E-state index contributed by atoms with van der Waals surface area (Å²) in [6.45, 7) is 0. The maximum absolute atomic E-state index is 5.87. The van der Waals surface area contributed by atoms with E-state index in [2.05, 4.69) is 10.9 Å². The molecular formula is C11H6ClNS. The number of hydrogen-bond donors (Lipinski definition) is 0. The third-order valence-corrected chi connectivity index (χ3v) is 2.93. The van der Waals surface area contributed by atoms with Gasteiger partial charge in [0.05, 0.1) is 11.1 Å². The minimum Gasteiger partial charge on any atom is -0.243 e. The molecule has 1 aromatic heterocycles. The van der Waals surface area contributed by atoms with Crippen molar-refractivity contribution in [2.24, 2.45) is 0 Å². The Kier molecular flexibility index (Phi) is 2.53. The first-order valence-electron chi connectivity index (χ1n) is 3.98. The van der Waals surface area contributed by atoms with Crippen LogP contribution >= 0.6 is 22.9 Å². The molecule has 0 atom stereocenters. The van der Waals surface area contributed by atoms with Crippen LogP contribution in [0.2, 0.25) is 5.02 Å². The van der Waals surface area contributed by atoms with Gasteiger partial charge in [0.25, 0.3) is 0 Å². The third kappa shape index (κ3) is 1.79. The molecule has 0 aliphatic heterocycles. The Hall–Kier alpha value is -1.30. The lowest BCUT2D eigenvalue weighted by atomic mass is 10.2. The van der Waals surface area contributed by atoms with Gasteiger partial charge in [0.15, 0.2) is 0 Å². The quantitative estimate of drug-likeness (QED) is 0.670. The van der Waals surface area contributed by atoms with Crippen LogP contribution in [0.4, 0.5) is 0 Å². The average Bonchev–Trinajstić information content (AvgIpc) is 2.66. The van der Waals surface area contributed by atoms with Crippen LogP contribution in [0, 0.1) is 12.3 Å². The first-order chi connectivity index (χ1) is 6.79. The van der Waals surface area contributed by atoms with Crippen molar-refractivity contribution in [2.45, 2.75) is 0 Å². The molecule has 0 radical (unpaired) electrons. The monoisotopic (exact) mass is 219 g/mol. The van der Waals surface area contributed by atoms with E-state index < -0.39 is 0 Å². The van der Waals surface area contributed by atoms with Crippen molar-refractivity contribution in [3.05, 3.63) is 40.4 Å². The zero-order valence-electron chi connectivity index (χ0n) is 7.20. The fourth-order valence-electron chi connectivity index (χ4n) is 1.10. The molecule has 2 aromatic rings. The van der Waals surface area contributed by atoms with Gasteiger partial charge in [0, 0.05) is 10.6 Å². The molecule has 0 spiro atoms. The Balaban J connectivity index is 2.45. The predicted molar refractivity (Wildman–Crippen MR) is 60.5 cm³/mol. The molecule has 1 aromatic carbocycles. The molecule has 1 nitrogen and oxygen atoms in total. The zero-order valence-corrected chi connectivity index (χ0v) is 8.77. The molecular weight excluding hydrogens is 214 g/mol. The van der Waals surface area contributed by atoms with Crippen LogP contribution < -0.4 is 0 Å². The highest BCUT2D eigenvalue weighted by Gasteiger charge is 2.03. The molecule has 2 rings (SSSR count). The minimum absolute atomic E-state index is 0.708. The molecule has 0 aliphatic rings. The highest BCUT2D eigenvalue weighted by atomic mass is 35.5. The van der Waals surface area contributed by atoms with Crippen molar-refractivity contribution in [1.29, 1.82) is 0 Å². The molecule has 68 valence electrons. The summed E-state index contributed by atoms with van der Waals surface area (Å²) in [7, 11) is 0. The highest BCUT2D eigenvalue weighted by Crippen LogP contribution is 2.26. The summed E-state index contributed by atoms with van der Waals surface area (Å²) >= 11 is 7.36. The van der Waals surface area contributed by atoms with Crippen LogP contribution in [0.5, 0.6) is 0 Å². The summed E-state index contributed by atoms with van der Waals surface area (Å²) in [5, 5.41) is 1.61. The number of thiazole rings is 1.